The number of fused-ring (bicyclic) bond motifs is 3. The lowest BCUT2D eigenvalue weighted by atomic mass is 10.1. The van der Waals surface area contributed by atoms with Gasteiger partial charge in [-0.15, -0.1) is 0 Å². The van der Waals surface area contributed by atoms with Crippen LogP contribution in [0.4, 0.5) is 11.8 Å². The highest BCUT2D eigenvalue weighted by Gasteiger charge is 2.36. The van der Waals surface area contributed by atoms with Gasteiger partial charge in [0.05, 0.1) is 12.2 Å². The quantitative estimate of drug-likeness (QED) is 0.706. The summed E-state index contributed by atoms with van der Waals surface area (Å²) in [6.45, 7) is 9.93. The summed E-state index contributed by atoms with van der Waals surface area (Å²) in [5, 5.41) is 0. The molecule has 2 N–H and O–H groups in total. The maximum absolute atomic E-state index is 5.98. The van der Waals surface area contributed by atoms with Crippen LogP contribution in [0.15, 0.2) is 12.4 Å². The van der Waals surface area contributed by atoms with Gasteiger partial charge in [0.2, 0.25) is 5.95 Å². The molecule has 2 unspecified atom stereocenters. The largest absolute Gasteiger partial charge is 0.368 e. The zero-order valence-corrected chi connectivity index (χ0v) is 17.3. The molecule has 152 valence electrons. The first-order chi connectivity index (χ1) is 13.8. The van der Waals surface area contributed by atoms with Crippen molar-refractivity contribution in [3.8, 4) is 11.4 Å². The van der Waals surface area contributed by atoms with E-state index >= 15 is 0 Å². The number of hydrogen-bond acceptors (Lipinski definition) is 8. The third kappa shape index (κ3) is 2.83. The number of ether oxygens (including phenoxy) is 1. The first kappa shape index (κ1) is 18.2. The van der Waals surface area contributed by atoms with Gasteiger partial charge in [-0.3, -0.25) is 0 Å². The standard InChI is InChI=1S/C20H26N8O/c1-11-5-6-12(2)28(11)17-14-16(27-7-8-29-20(3,4)18(27)24-14)25-15(26-17)13-9-22-19(21)23-10-13/h9-12H,5-8H2,1-4H3,(H2,21,22,23). The number of anilines is 2. The molecule has 0 spiro atoms. The van der Waals surface area contributed by atoms with E-state index in [4.69, 9.17) is 25.4 Å². The zero-order chi connectivity index (χ0) is 20.3. The van der Waals surface area contributed by atoms with Crippen molar-refractivity contribution in [1.82, 2.24) is 29.5 Å². The van der Waals surface area contributed by atoms with Crippen molar-refractivity contribution in [2.45, 2.75) is 64.8 Å². The predicted molar refractivity (Wildman–Crippen MR) is 110 cm³/mol. The second-order valence-corrected chi connectivity index (χ2v) is 8.50. The first-order valence-corrected chi connectivity index (χ1v) is 10.1. The molecule has 0 amide bonds. The smallest absolute Gasteiger partial charge is 0.219 e. The molecule has 2 aliphatic heterocycles. The maximum Gasteiger partial charge on any atom is 0.219 e. The topological polar surface area (TPSA) is 108 Å². The number of hydrogen-bond donors (Lipinski definition) is 1. The highest BCUT2D eigenvalue weighted by Crippen LogP contribution is 2.38. The van der Waals surface area contributed by atoms with E-state index in [1.807, 2.05) is 13.8 Å². The van der Waals surface area contributed by atoms with E-state index in [-0.39, 0.29) is 5.95 Å². The van der Waals surface area contributed by atoms with Crippen LogP contribution in [-0.4, -0.2) is 48.2 Å². The Labute approximate surface area is 169 Å². The van der Waals surface area contributed by atoms with Crippen molar-refractivity contribution in [2.75, 3.05) is 17.2 Å². The molecule has 0 radical (unpaired) electrons. The van der Waals surface area contributed by atoms with Crippen LogP contribution in [0.5, 0.6) is 0 Å². The fraction of sp³-hybridized carbons (Fsp3) is 0.550. The zero-order valence-electron chi connectivity index (χ0n) is 17.3. The molecule has 5 rings (SSSR count). The minimum Gasteiger partial charge on any atom is -0.368 e. The van der Waals surface area contributed by atoms with Crippen molar-refractivity contribution in [2.24, 2.45) is 0 Å². The molecule has 29 heavy (non-hydrogen) atoms. The van der Waals surface area contributed by atoms with Gasteiger partial charge < -0.3 is 19.9 Å². The van der Waals surface area contributed by atoms with Crippen LogP contribution in [0.2, 0.25) is 0 Å². The summed E-state index contributed by atoms with van der Waals surface area (Å²) in [4.78, 5) is 25.4. The molecule has 9 heteroatoms. The van der Waals surface area contributed by atoms with Crippen molar-refractivity contribution in [3.05, 3.63) is 18.2 Å². The number of nitrogens with two attached hydrogens (primary N) is 1. The summed E-state index contributed by atoms with van der Waals surface area (Å²) < 4.78 is 8.14. The van der Waals surface area contributed by atoms with Crippen LogP contribution < -0.4 is 10.6 Å². The summed E-state index contributed by atoms with van der Waals surface area (Å²) in [6, 6.07) is 0.781. The van der Waals surface area contributed by atoms with Gasteiger partial charge in [-0.1, -0.05) is 0 Å². The molecule has 5 heterocycles. The van der Waals surface area contributed by atoms with E-state index in [0.717, 1.165) is 41.2 Å². The molecule has 3 aromatic heterocycles. The summed E-state index contributed by atoms with van der Waals surface area (Å²) in [5.41, 5.74) is 7.60. The van der Waals surface area contributed by atoms with Gasteiger partial charge in [-0.25, -0.2) is 24.9 Å². The molecule has 2 atom stereocenters. The van der Waals surface area contributed by atoms with E-state index in [9.17, 15) is 0 Å². The Kier molecular flexibility index (Phi) is 3.99. The second-order valence-electron chi connectivity index (χ2n) is 8.50. The number of nitrogen functional groups attached to an aromatic ring is 1. The average molecular weight is 394 g/mol. The number of imidazole rings is 1. The summed E-state index contributed by atoms with van der Waals surface area (Å²) in [7, 11) is 0. The molecule has 0 saturated carbocycles. The lowest BCUT2D eigenvalue weighted by Gasteiger charge is -2.30. The molecular weight excluding hydrogens is 368 g/mol. The predicted octanol–water partition coefficient (Wildman–Crippen LogP) is 2.51. The molecule has 2 aliphatic rings. The van der Waals surface area contributed by atoms with E-state index in [1.165, 1.54) is 0 Å². The molecule has 1 fully saturated rings. The highest BCUT2D eigenvalue weighted by atomic mass is 16.5. The van der Waals surface area contributed by atoms with Crippen molar-refractivity contribution in [3.63, 3.8) is 0 Å². The van der Waals surface area contributed by atoms with Crippen LogP contribution in [0.25, 0.3) is 22.6 Å². The monoisotopic (exact) mass is 394 g/mol. The van der Waals surface area contributed by atoms with Crippen LogP contribution in [0.3, 0.4) is 0 Å². The van der Waals surface area contributed by atoms with Crippen molar-refractivity contribution < 1.29 is 4.74 Å². The third-order valence-corrected chi connectivity index (χ3v) is 6.02. The molecule has 3 aromatic rings. The Morgan fingerprint density at radius 1 is 1.07 bits per heavy atom. The van der Waals surface area contributed by atoms with Crippen LogP contribution in [-0.2, 0) is 16.9 Å². The van der Waals surface area contributed by atoms with Gasteiger partial charge in [0, 0.05) is 31.0 Å². The normalized spacial score (nSPS) is 23.5. The van der Waals surface area contributed by atoms with Crippen molar-refractivity contribution >= 4 is 22.9 Å². The van der Waals surface area contributed by atoms with Gasteiger partial charge in [0.25, 0.3) is 0 Å². The number of nitrogens with zero attached hydrogens (tertiary/aromatic N) is 7. The first-order valence-electron chi connectivity index (χ1n) is 10.1. The van der Waals surface area contributed by atoms with Gasteiger partial charge in [-0.05, 0) is 40.5 Å². The van der Waals surface area contributed by atoms with Crippen LogP contribution >= 0.6 is 0 Å². The number of rotatable bonds is 2. The Morgan fingerprint density at radius 3 is 2.45 bits per heavy atom. The molecule has 0 bridgehead atoms. The van der Waals surface area contributed by atoms with Gasteiger partial charge in [0.15, 0.2) is 22.8 Å². The van der Waals surface area contributed by atoms with Gasteiger partial charge in [-0.2, -0.15) is 0 Å². The average Bonchev–Trinajstić information content (AvgIpc) is 3.23. The summed E-state index contributed by atoms with van der Waals surface area (Å²) in [5.74, 6) is 2.58. The third-order valence-electron chi connectivity index (χ3n) is 6.02. The molecule has 0 aliphatic carbocycles. The van der Waals surface area contributed by atoms with Crippen LogP contribution in [0, 0.1) is 0 Å². The van der Waals surface area contributed by atoms with E-state index in [1.54, 1.807) is 12.4 Å². The highest BCUT2D eigenvalue weighted by molar-refractivity contribution is 5.87. The van der Waals surface area contributed by atoms with E-state index in [2.05, 4.69) is 33.3 Å². The van der Waals surface area contributed by atoms with Crippen molar-refractivity contribution in [1.29, 1.82) is 0 Å². The second kappa shape index (κ2) is 6.35. The Hall–Kier alpha value is -2.81. The minimum absolute atomic E-state index is 0.234. The summed E-state index contributed by atoms with van der Waals surface area (Å²) >= 11 is 0. The Bertz CT molecular complexity index is 1060. The summed E-state index contributed by atoms with van der Waals surface area (Å²) in [6.07, 6.45) is 5.61. The minimum atomic E-state index is -0.469. The molecule has 9 nitrogen and oxygen atoms in total. The lowest BCUT2D eigenvalue weighted by molar-refractivity contribution is -0.0530. The molecule has 1 saturated heterocycles. The SMILES string of the molecule is CC1CCC(C)N1c1nc(-c2cnc(N)nc2)nc2c1nc1n2CCOC1(C)C. The Balaban J connectivity index is 1.79. The lowest BCUT2D eigenvalue weighted by Crippen LogP contribution is -2.33. The van der Waals surface area contributed by atoms with Gasteiger partial charge >= 0.3 is 0 Å². The van der Waals surface area contributed by atoms with E-state index in [0.29, 0.717) is 31.1 Å². The molecular formula is C20H26N8O. The van der Waals surface area contributed by atoms with E-state index < -0.39 is 5.60 Å². The fourth-order valence-electron chi connectivity index (χ4n) is 4.49. The van der Waals surface area contributed by atoms with Crippen LogP contribution in [0.1, 0.15) is 46.4 Å². The molecule has 0 aromatic carbocycles. The fourth-order valence-corrected chi connectivity index (χ4v) is 4.49. The number of aromatic nitrogens is 6. The maximum atomic E-state index is 5.98. The Morgan fingerprint density at radius 2 is 1.76 bits per heavy atom. The van der Waals surface area contributed by atoms with Gasteiger partial charge in [0.1, 0.15) is 11.4 Å².